The summed E-state index contributed by atoms with van der Waals surface area (Å²) in [6.07, 6.45) is 1.74. The fourth-order valence-corrected chi connectivity index (χ4v) is 4.77. The highest BCUT2D eigenvalue weighted by Gasteiger charge is 2.51. The first kappa shape index (κ1) is 24.8. The molecule has 1 saturated heterocycles. The number of hydrogen-bond donors (Lipinski definition) is 0. The lowest BCUT2D eigenvalue weighted by Crippen LogP contribution is -2.28. The van der Waals surface area contributed by atoms with Crippen LogP contribution in [0.15, 0.2) is 66.7 Å². The standard InChI is InChI=1S/C28H28F2O5/c1-2-3-15-28(29,30)25(31)14-13-21-22-16-26(32)34-24(22)17-23(21)35-27(33)20-11-9-19(10-12-20)18-7-5-4-6-8-18/h4-14,21-24H,2-3,15-17H2,1H3/b14-13+/t21-,22-,23-,24+/m1/s1. The summed E-state index contributed by atoms with van der Waals surface area (Å²) in [6, 6.07) is 16.7. The maximum absolute atomic E-state index is 14.1. The molecule has 2 fully saturated rings. The topological polar surface area (TPSA) is 69.7 Å². The third-order valence-corrected chi connectivity index (χ3v) is 6.71. The summed E-state index contributed by atoms with van der Waals surface area (Å²) >= 11 is 0. The van der Waals surface area contributed by atoms with E-state index in [0.717, 1.165) is 17.2 Å². The molecule has 1 aliphatic carbocycles. The number of allylic oxidation sites excluding steroid dienone is 1. The second-order valence-corrected chi connectivity index (χ2v) is 9.13. The Balaban J connectivity index is 1.47. The number of halogens is 2. The monoisotopic (exact) mass is 482 g/mol. The minimum absolute atomic E-state index is 0.0971. The Morgan fingerprint density at radius 2 is 1.77 bits per heavy atom. The van der Waals surface area contributed by atoms with Crippen LogP contribution < -0.4 is 0 Å². The van der Waals surface area contributed by atoms with Crippen LogP contribution in [0.25, 0.3) is 11.1 Å². The number of fused-ring (bicyclic) bond motifs is 1. The Morgan fingerprint density at radius 3 is 2.46 bits per heavy atom. The van der Waals surface area contributed by atoms with Crippen molar-refractivity contribution in [2.75, 3.05) is 0 Å². The van der Waals surface area contributed by atoms with Crippen molar-refractivity contribution in [3.8, 4) is 11.1 Å². The van der Waals surface area contributed by atoms with Crippen LogP contribution in [0.3, 0.4) is 0 Å². The van der Waals surface area contributed by atoms with Gasteiger partial charge in [-0.15, -0.1) is 0 Å². The highest BCUT2D eigenvalue weighted by Crippen LogP contribution is 2.44. The zero-order chi connectivity index (χ0) is 25.0. The van der Waals surface area contributed by atoms with Crippen LogP contribution in [0.4, 0.5) is 8.78 Å². The van der Waals surface area contributed by atoms with Gasteiger partial charge in [0.25, 0.3) is 0 Å². The normalized spacial score (nSPS) is 23.8. The lowest BCUT2D eigenvalue weighted by molar-refractivity contribution is -0.142. The van der Waals surface area contributed by atoms with Crippen LogP contribution in [0.1, 0.15) is 49.4 Å². The number of esters is 2. The molecule has 2 aromatic carbocycles. The van der Waals surface area contributed by atoms with Gasteiger partial charge in [0.15, 0.2) is 0 Å². The molecule has 0 bridgehead atoms. The Hall–Kier alpha value is -3.35. The summed E-state index contributed by atoms with van der Waals surface area (Å²) in [5, 5.41) is 0. The number of carbonyl (C=O) groups is 3. The Kier molecular flexibility index (Phi) is 7.43. The van der Waals surface area contributed by atoms with Gasteiger partial charge in [0, 0.05) is 24.7 Å². The van der Waals surface area contributed by atoms with E-state index in [1.165, 1.54) is 6.08 Å². The van der Waals surface area contributed by atoms with Gasteiger partial charge < -0.3 is 9.47 Å². The van der Waals surface area contributed by atoms with Crippen molar-refractivity contribution in [3.05, 3.63) is 72.3 Å². The molecule has 0 unspecified atom stereocenters. The maximum atomic E-state index is 14.1. The molecule has 184 valence electrons. The number of carbonyl (C=O) groups excluding carboxylic acids is 3. The zero-order valence-electron chi connectivity index (χ0n) is 19.5. The zero-order valence-corrected chi connectivity index (χ0v) is 19.5. The van der Waals surface area contributed by atoms with Crippen molar-refractivity contribution < 1.29 is 32.6 Å². The van der Waals surface area contributed by atoms with Gasteiger partial charge in [-0.05, 0) is 35.8 Å². The lowest BCUT2D eigenvalue weighted by Gasteiger charge is -2.20. The second kappa shape index (κ2) is 10.5. The van der Waals surface area contributed by atoms with Crippen LogP contribution >= 0.6 is 0 Å². The van der Waals surface area contributed by atoms with E-state index >= 15 is 0 Å². The summed E-state index contributed by atoms with van der Waals surface area (Å²) in [5.41, 5.74) is 2.32. The molecule has 1 saturated carbocycles. The number of unbranched alkanes of at least 4 members (excludes halogenated alkanes) is 1. The highest BCUT2D eigenvalue weighted by molar-refractivity contribution is 5.95. The molecule has 0 aromatic heterocycles. The fourth-order valence-electron chi connectivity index (χ4n) is 4.77. The molecule has 0 spiro atoms. The molecule has 35 heavy (non-hydrogen) atoms. The van der Waals surface area contributed by atoms with Gasteiger partial charge in [-0.3, -0.25) is 9.59 Å². The molecule has 0 amide bonds. The van der Waals surface area contributed by atoms with Gasteiger partial charge in [-0.1, -0.05) is 61.9 Å². The van der Waals surface area contributed by atoms with E-state index in [9.17, 15) is 23.2 Å². The van der Waals surface area contributed by atoms with Gasteiger partial charge in [0.05, 0.1) is 12.0 Å². The van der Waals surface area contributed by atoms with Crippen molar-refractivity contribution in [1.29, 1.82) is 0 Å². The summed E-state index contributed by atoms with van der Waals surface area (Å²) in [5.74, 6) is -6.54. The molecule has 2 aromatic rings. The van der Waals surface area contributed by atoms with E-state index in [2.05, 4.69) is 0 Å². The minimum atomic E-state index is -3.45. The molecule has 1 aliphatic heterocycles. The smallest absolute Gasteiger partial charge is 0.338 e. The summed E-state index contributed by atoms with van der Waals surface area (Å²) in [4.78, 5) is 36.8. The van der Waals surface area contributed by atoms with Gasteiger partial charge in [-0.25, -0.2) is 4.79 Å². The summed E-state index contributed by atoms with van der Waals surface area (Å²) < 4.78 is 39.3. The van der Waals surface area contributed by atoms with Gasteiger partial charge in [-0.2, -0.15) is 8.78 Å². The minimum Gasteiger partial charge on any atom is -0.462 e. The number of alkyl halides is 2. The third kappa shape index (κ3) is 5.66. The van der Waals surface area contributed by atoms with Gasteiger partial charge >= 0.3 is 17.9 Å². The van der Waals surface area contributed by atoms with Gasteiger partial charge in [0.1, 0.15) is 12.2 Å². The molecule has 2 aliphatic rings. The van der Waals surface area contributed by atoms with Crippen LogP contribution in [0, 0.1) is 11.8 Å². The molecule has 5 nitrogen and oxygen atoms in total. The van der Waals surface area contributed by atoms with Crippen molar-refractivity contribution in [2.24, 2.45) is 11.8 Å². The Labute approximate surface area is 203 Å². The van der Waals surface area contributed by atoms with E-state index in [4.69, 9.17) is 9.47 Å². The van der Waals surface area contributed by atoms with Crippen LogP contribution in [0.5, 0.6) is 0 Å². The van der Waals surface area contributed by atoms with Crippen molar-refractivity contribution >= 4 is 17.7 Å². The Bertz CT molecular complexity index is 1090. The van der Waals surface area contributed by atoms with E-state index in [0.29, 0.717) is 12.0 Å². The van der Waals surface area contributed by atoms with E-state index < -0.39 is 42.2 Å². The quantitative estimate of drug-likeness (QED) is 0.335. The number of ketones is 1. The van der Waals surface area contributed by atoms with E-state index in [1.807, 2.05) is 42.5 Å². The largest absolute Gasteiger partial charge is 0.462 e. The predicted octanol–water partition coefficient (Wildman–Crippen LogP) is 5.78. The average Bonchev–Trinajstić information content (AvgIpc) is 3.37. The molecular formula is C28H28F2O5. The number of benzene rings is 2. The molecule has 4 atom stereocenters. The first-order valence-corrected chi connectivity index (χ1v) is 11.9. The first-order chi connectivity index (χ1) is 16.8. The molecule has 7 heteroatoms. The highest BCUT2D eigenvalue weighted by atomic mass is 19.3. The van der Waals surface area contributed by atoms with Crippen LogP contribution in [-0.2, 0) is 19.1 Å². The molecular weight excluding hydrogens is 454 g/mol. The van der Waals surface area contributed by atoms with E-state index in [-0.39, 0.29) is 31.1 Å². The van der Waals surface area contributed by atoms with Crippen molar-refractivity contribution in [1.82, 2.24) is 0 Å². The molecule has 0 radical (unpaired) electrons. The maximum Gasteiger partial charge on any atom is 0.338 e. The molecule has 0 N–H and O–H groups in total. The van der Waals surface area contributed by atoms with Crippen LogP contribution in [-0.4, -0.2) is 35.9 Å². The van der Waals surface area contributed by atoms with Crippen LogP contribution in [0.2, 0.25) is 0 Å². The molecule has 4 rings (SSSR count). The first-order valence-electron chi connectivity index (χ1n) is 11.9. The summed E-state index contributed by atoms with van der Waals surface area (Å²) in [7, 11) is 0. The predicted molar refractivity (Wildman–Crippen MR) is 126 cm³/mol. The van der Waals surface area contributed by atoms with Crippen molar-refractivity contribution in [3.63, 3.8) is 0 Å². The molecule has 1 heterocycles. The lowest BCUT2D eigenvalue weighted by atomic mass is 9.91. The number of hydrogen-bond acceptors (Lipinski definition) is 5. The van der Waals surface area contributed by atoms with Crippen molar-refractivity contribution in [2.45, 2.75) is 57.2 Å². The average molecular weight is 483 g/mol. The SMILES string of the molecule is CCCCC(F)(F)C(=O)/C=C/[C@@H]1[C@H]2CC(=O)O[C@H]2C[C@H]1OC(=O)c1ccc(-c2ccccc2)cc1. The number of ether oxygens (including phenoxy) is 2. The fraction of sp³-hybridized carbons (Fsp3) is 0.393. The summed E-state index contributed by atoms with van der Waals surface area (Å²) in [6.45, 7) is 1.78. The Morgan fingerprint density at radius 1 is 1.09 bits per heavy atom. The second-order valence-electron chi connectivity index (χ2n) is 9.13. The van der Waals surface area contributed by atoms with Gasteiger partial charge in [0.2, 0.25) is 5.78 Å². The third-order valence-electron chi connectivity index (χ3n) is 6.71. The van der Waals surface area contributed by atoms with E-state index in [1.54, 1.807) is 19.1 Å². The number of rotatable bonds is 9.